The summed E-state index contributed by atoms with van der Waals surface area (Å²) >= 11 is 0. The van der Waals surface area contributed by atoms with Crippen molar-refractivity contribution in [3.63, 3.8) is 0 Å². The van der Waals surface area contributed by atoms with Crippen molar-refractivity contribution in [2.75, 3.05) is 11.9 Å². The third-order valence-electron chi connectivity index (χ3n) is 3.56. The van der Waals surface area contributed by atoms with E-state index in [4.69, 9.17) is 0 Å². The summed E-state index contributed by atoms with van der Waals surface area (Å²) in [5.41, 5.74) is 3.95. The normalized spacial score (nSPS) is 13.8. The summed E-state index contributed by atoms with van der Waals surface area (Å²) < 4.78 is 2.05. The zero-order chi connectivity index (χ0) is 13.9. The highest BCUT2D eigenvalue weighted by molar-refractivity contribution is 5.97. The van der Waals surface area contributed by atoms with Gasteiger partial charge in [0.05, 0.1) is 18.6 Å². The van der Waals surface area contributed by atoms with E-state index in [1.165, 1.54) is 0 Å². The van der Waals surface area contributed by atoms with Crippen LogP contribution in [0.15, 0.2) is 30.7 Å². The Morgan fingerprint density at radius 3 is 3.15 bits per heavy atom. The van der Waals surface area contributed by atoms with Crippen LogP contribution < -0.4 is 10.6 Å². The first-order valence-corrected chi connectivity index (χ1v) is 6.92. The van der Waals surface area contributed by atoms with Crippen molar-refractivity contribution in [1.82, 2.24) is 14.9 Å². The Morgan fingerprint density at radius 1 is 1.45 bits per heavy atom. The number of amides is 1. The zero-order valence-electron chi connectivity index (χ0n) is 11.5. The number of imidazole rings is 1. The molecule has 0 fully saturated rings. The number of aryl methyl sites for hydroxylation is 1. The van der Waals surface area contributed by atoms with Crippen molar-refractivity contribution in [2.24, 2.45) is 0 Å². The van der Waals surface area contributed by atoms with Crippen LogP contribution >= 0.6 is 0 Å². The number of hydrogen-bond donors (Lipinski definition) is 2. The van der Waals surface area contributed by atoms with E-state index in [1.54, 1.807) is 0 Å². The minimum Gasteiger partial charge on any atom is -0.379 e. The molecule has 1 aromatic carbocycles. The lowest BCUT2D eigenvalue weighted by Crippen LogP contribution is -2.31. The maximum Gasteiger partial charge on any atom is 0.251 e. The van der Waals surface area contributed by atoms with E-state index >= 15 is 0 Å². The van der Waals surface area contributed by atoms with E-state index < -0.39 is 0 Å². The Bertz CT molecular complexity index is 633. The SMILES string of the molecule is CCn1cnc(CNc2ccc3c(c2)CCNC3=O)c1. The minimum atomic E-state index is 0.0273. The molecule has 20 heavy (non-hydrogen) atoms. The van der Waals surface area contributed by atoms with E-state index in [0.717, 1.165) is 42.0 Å². The summed E-state index contributed by atoms with van der Waals surface area (Å²) in [6.07, 6.45) is 4.77. The second-order valence-electron chi connectivity index (χ2n) is 4.93. The fourth-order valence-corrected chi connectivity index (χ4v) is 2.40. The zero-order valence-corrected chi connectivity index (χ0v) is 11.5. The van der Waals surface area contributed by atoms with Crippen molar-refractivity contribution >= 4 is 11.6 Å². The molecule has 0 saturated heterocycles. The summed E-state index contributed by atoms with van der Waals surface area (Å²) in [5, 5.41) is 6.21. The number of carbonyl (C=O) groups is 1. The van der Waals surface area contributed by atoms with Crippen molar-refractivity contribution < 1.29 is 4.79 Å². The minimum absolute atomic E-state index is 0.0273. The maximum atomic E-state index is 11.7. The number of nitrogens with zero attached hydrogens (tertiary/aromatic N) is 2. The Morgan fingerprint density at radius 2 is 2.35 bits per heavy atom. The lowest BCUT2D eigenvalue weighted by molar-refractivity contribution is 0.0946. The molecule has 0 spiro atoms. The molecule has 0 aliphatic carbocycles. The van der Waals surface area contributed by atoms with Crippen molar-refractivity contribution in [3.05, 3.63) is 47.5 Å². The van der Waals surface area contributed by atoms with Crippen LogP contribution in [0, 0.1) is 0 Å². The molecule has 2 aromatic rings. The molecule has 0 bridgehead atoms. The largest absolute Gasteiger partial charge is 0.379 e. The number of carbonyl (C=O) groups excluding carboxylic acids is 1. The number of hydrogen-bond acceptors (Lipinski definition) is 3. The van der Waals surface area contributed by atoms with Gasteiger partial charge in [0.25, 0.3) is 5.91 Å². The summed E-state index contributed by atoms with van der Waals surface area (Å²) in [4.78, 5) is 16.0. The summed E-state index contributed by atoms with van der Waals surface area (Å²) in [7, 11) is 0. The first-order valence-electron chi connectivity index (χ1n) is 6.92. The second-order valence-corrected chi connectivity index (χ2v) is 4.93. The molecule has 1 aliphatic heterocycles. The Hall–Kier alpha value is -2.30. The van der Waals surface area contributed by atoms with E-state index in [-0.39, 0.29) is 5.91 Å². The number of fused-ring (bicyclic) bond motifs is 1. The van der Waals surface area contributed by atoms with Gasteiger partial charge in [-0.1, -0.05) is 0 Å². The molecule has 0 radical (unpaired) electrons. The van der Waals surface area contributed by atoms with Crippen molar-refractivity contribution in [3.8, 4) is 0 Å². The molecule has 0 unspecified atom stereocenters. The Balaban J connectivity index is 1.70. The summed E-state index contributed by atoms with van der Waals surface area (Å²) in [5.74, 6) is 0.0273. The van der Waals surface area contributed by atoms with E-state index in [9.17, 15) is 4.79 Å². The predicted octanol–water partition coefficient (Wildman–Crippen LogP) is 1.80. The van der Waals surface area contributed by atoms with Gasteiger partial charge in [0.1, 0.15) is 0 Å². The van der Waals surface area contributed by atoms with Crippen LogP contribution in [0.4, 0.5) is 5.69 Å². The molecule has 5 heteroatoms. The number of aromatic nitrogens is 2. The van der Waals surface area contributed by atoms with Crippen LogP contribution in [-0.4, -0.2) is 22.0 Å². The van der Waals surface area contributed by atoms with Gasteiger partial charge < -0.3 is 15.2 Å². The molecule has 1 amide bonds. The Labute approximate surface area is 118 Å². The third-order valence-corrected chi connectivity index (χ3v) is 3.56. The lowest BCUT2D eigenvalue weighted by atomic mass is 10.00. The molecule has 2 N–H and O–H groups in total. The number of anilines is 1. The van der Waals surface area contributed by atoms with E-state index in [2.05, 4.69) is 28.6 Å². The second kappa shape index (κ2) is 5.36. The van der Waals surface area contributed by atoms with Gasteiger partial charge in [0.2, 0.25) is 0 Å². The molecule has 3 rings (SSSR count). The standard InChI is InChI=1S/C15H18N4O/c1-2-19-9-13(18-10-19)8-17-12-3-4-14-11(7-12)5-6-16-15(14)20/h3-4,7,9-10,17H,2,5-6,8H2,1H3,(H,16,20). The van der Waals surface area contributed by atoms with E-state index in [0.29, 0.717) is 6.54 Å². The maximum absolute atomic E-state index is 11.7. The number of nitrogens with one attached hydrogen (secondary N) is 2. The smallest absolute Gasteiger partial charge is 0.251 e. The average Bonchev–Trinajstić information content (AvgIpc) is 2.93. The van der Waals surface area contributed by atoms with Gasteiger partial charge in [-0.05, 0) is 37.1 Å². The van der Waals surface area contributed by atoms with Gasteiger partial charge in [-0.15, -0.1) is 0 Å². The molecular weight excluding hydrogens is 252 g/mol. The molecule has 0 atom stereocenters. The highest BCUT2D eigenvalue weighted by atomic mass is 16.1. The summed E-state index contributed by atoms with van der Waals surface area (Å²) in [6.45, 7) is 4.43. The van der Waals surface area contributed by atoms with Crippen LogP contribution in [0.3, 0.4) is 0 Å². The van der Waals surface area contributed by atoms with Crippen LogP contribution in [0.25, 0.3) is 0 Å². The topological polar surface area (TPSA) is 59.0 Å². The van der Waals surface area contributed by atoms with Gasteiger partial charge in [0.15, 0.2) is 0 Å². The predicted molar refractivity (Wildman–Crippen MR) is 77.7 cm³/mol. The molecule has 0 saturated carbocycles. The molecule has 104 valence electrons. The van der Waals surface area contributed by atoms with Crippen LogP contribution in [0.2, 0.25) is 0 Å². The Kier molecular flexibility index (Phi) is 3.41. The van der Waals surface area contributed by atoms with Gasteiger partial charge >= 0.3 is 0 Å². The first-order chi connectivity index (χ1) is 9.76. The highest BCUT2D eigenvalue weighted by Crippen LogP contribution is 2.19. The van der Waals surface area contributed by atoms with Gasteiger partial charge in [0, 0.05) is 30.5 Å². The first kappa shape index (κ1) is 12.7. The summed E-state index contributed by atoms with van der Waals surface area (Å²) in [6, 6.07) is 5.89. The van der Waals surface area contributed by atoms with Gasteiger partial charge in [-0.2, -0.15) is 0 Å². The molecule has 2 heterocycles. The molecule has 1 aliphatic rings. The molecule has 1 aromatic heterocycles. The van der Waals surface area contributed by atoms with Crippen LogP contribution in [0.5, 0.6) is 0 Å². The highest BCUT2D eigenvalue weighted by Gasteiger charge is 2.16. The monoisotopic (exact) mass is 270 g/mol. The van der Waals surface area contributed by atoms with Gasteiger partial charge in [-0.3, -0.25) is 4.79 Å². The van der Waals surface area contributed by atoms with Crippen LogP contribution in [0.1, 0.15) is 28.5 Å². The van der Waals surface area contributed by atoms with E-state index in [1.807, 2.05) is 29.2 Å². The van der Waals surface area contributed by atoms with Crippen molar-refractivity contribution in [2.45, 2.75) is 26.4 Å². The fourth-order valence-electron chi connectivity index (χ4n) is 2.40. The molecule has 5 nitrogen and oxygen atoms in total. The lowest BCUT2D eigenvalue weighted by Gasteiger charge is -2.17. The quantitative estimate of drug-likeness (QED) is 0.890. The van der Waals surface area contributed by atoms with Gasteiger partial charge in [-0.25, -0.2) is 4.98 Å². The average molecular weight is 270 g/mol. The molecular formula is C15H18N4O. The number of benzene rings is 1. The number of rotatable bonds is 4. The third kappa shape index (κ3) is 2.52. The van der Waals surface area contributed by atoms with Crippen LogP contribution in [-0.2, 0) is 19.5 Å². The van der Waals surface area contributed by atoms with Crippen molar-refractivity contribution in [1.29, 1.82) is 0 Å². The fraction of sp³-hybridized carbons (Fsp3) is 0.333.